The van der Waals surface area contributed by atoms with E-state index < -0.39 is 0 Å². The van der Waals surface area contributed by atoms with Crippen molar-refractivity contribution in [3.05, 3.63) is 29.3 Å². The van der Waals surface area contributed by atoms with Crippen LogP contribution in [0.5, 0.6) is 0 Å². The highest BCUT2D eigenvalue weighted by Crippen LogP contribution is 2.15. The molecule has 0 saturated carbocycles. The minimum atomic E-state index is -0.225. The van der Waals surface area contributed by atoms with E-state index in [4.69, 9.17) is 15.3 Å². The normalized spacial score (nSPS) is 14.3. The molecule has 0 atom stereocenters. The lowest BCUT2D eigenvalue weighted by molar-refractivity contribution is 0.0564. The molecule has 2 amide bonds. The third-order valence-electron chi connectivity index (χ3n) is 2.81. The second-order valence-electron chi connectivity index (χ2n) is 4.01. The van der Waals surface area contributed by atoms with Gasteiger partial charge in [0, 0.05) is 18.8 Å². The molecule has 1 aromatic carbocycles. The van der Waals surface area contributed by atoms with Crippen molar-refractivity contribution in [2.24, 2.45) is 0 Å². The average Bonchev–Trinajstić information content (AvgIpc) is 2.48. The van der Waals surface area contributed by atoms with Gasteiger partial charge in [0.15, 0.2) is 0 Å². The number of nitrogens with zero attached hydrogens (tertiary/aromatic N) is 3. The second-order valence-corrected chi connectivity index (χ2v) is 4.01. The summed E-state index contributed by atoms with van der Waals surface area (Å²) in [5, 5.41) is 20.4. The van der Waals surface area contributed by atoms with Gasteiger partial charge in [0.25, 0.3) is 0 Å². The summed E-state index contributed by atoms with van der Waals surface area (Å²) in [5.41, 5.74) is 1.06. The van der Waals surface area contributed by atoms with E-state index in [9.17, 15) is 4.79 Å². The van der Waals surface area contributed by atoms with E-state index in [1.54, 1.807) is 11.0 Å². The second kappa shape index (κ2) is 5.85. The van der Waals surface area contributed by atoms with Gasteiger partial charge in [-0.1, -0.05) is 0 Å². The van der Waals surface area contributed by atoms with E-state index in [-0.39, 0.29) is 11.6 Å². The Bertz CT molecular complexity index is 565. The Morgan fingerprint density at radius 2 is 1.89 bits per heavy atom. The van der Waals surface area contributed by atoms with Gasteiger partial charge in [0.2, 0.25) is 0 Å². The molecule has 1 aliphatic rings. The van der Waals surface area contributed by atoms with Gasteiger partial charge >= 0.3 is 6.03 Å². The number of nitrogens with one attached hydrogen (secondary N) is 1. The lowest BCUT2D eigenvalue weighted by atomic mass is 10.1. The molecule has 6 nitrogen and oxygen atoms in total. The molecule has 6 heteroatoms. The van der Waals surface area contributed by atoms with E-state index in [1.807, 2.05) is 12.1 Å². The summed E-state index contributed by atoms with van der Waals surface area (Å²) in [6.07, 6.45) is 0. The minimum absolute atomic E-state index is 0.225. The van der Waals surface area contributed by atoms with Gasteiger partial charge in [-0.2, -0.15) is 10.5 Å². The zero-order chi connectivity index (χ0) is 13.7. The number of carbonyl (C=O) groups is 1. The molecule has 0 radical (unpaired) electrons. The van der Waals surface area contributed by atoms with Crippen LogP contribution in [0.25, 0.3) is 0 Å². The maximum atomic E-state index is 11.9. The molecule has 1 aliphatic heterocycles. The van der Waals surface area contributed by atoms with E-state index in [1.165, 1.54) is 12.1 Å². The molecule has 96 valence electrons. The maximum Gasteiger partial charge on any atom is 0.322 e. The summed E-state index contributed by atoms with van der Waals surface area (Å²) in [6.45, 7) is 2.16. The predicted octanol–water partition coefficient (Wildman–Crippen LogP) is 1.29. The Morgan fingerprint density at radius 3 is 2.53 bits per heavy atom. The Balaban J connectivity index is 2.09. The molecule has 1 heterocycles. The Morgan fingerprint density at radius 1 is 1.21 bits per heavy atom. The van der Waals surface area contributed by atoms with Crippen molar-refractivity contribution in [2.45, 2.75) is 0 Å². The summed E-state index contributed by atoms with van der Waals surface area (Å²) in [5.74, 6) is 0. The Hall–Kier alpha value is -2.57. The maximum absolute atomic E-state index is 11.9. The molecule has 0 unspecified atom stereocenters. The number of anilines is 1. The number of carbonyl (C=O) groups excluding carboxylic acids is 1. The van der Waals surface area contributed by atoms with Crippen molar-refractivity contribution in [1.29, 1.82) is 10.5 Å². The molecule has 0 aromatic heterocycles. The molecule has 1 fully saturated rings. The van der Waals surface area contributed by atoms with Crippen LogP contribution in [-0.4, -0.2) is 37.2 Å². The highest BCUT2D eigenvalue weighted by molar-refractivity contribution is 5.89. The van der Waals surface area contributed by atoms with E-state index in [0.29, 0.717) is 37.6 Å². The van der Waals surface area contributed by atoms with Crippen LogP contribution in [0, 0.1) is 22.7 Å². The lowest BCUT2D eigenvalue weighted by Crippen LogP contribution is -2.43. The number of rotatable bonds is 1. The van der Waals surface area contributed by atoms with Crippen molar-refractivity contribution in [3.8, 4) is 12.1 Å². The van der Waals surface area contributed by atoms with Crippen LogP contribution in [0.2, 0.25) is 0 Å². The molecule has 0 spiro atoms. The number of amides is 2. The first kappa shape index (κ1) is 12.9. The monoisotopic (exact) mass is 256 g/mol. The van der Waals surface area contributed by atoms with Gasteiger partial charge < -0.3 is 15.0 Å². The number of urea groups is 1. The fraction of sp³-hybridized carbons (Fsp3) is 0.308. The van der Waals surface area contributed by atoms with Crippen LogP contribution < -0.4 is 5.32 Å². The fourth-order valence-corrected chi connectivity index (χ4v) is 1.78. The van der Waals surface area contributed by atoms with Crippen molar-refractivity contribution >= 4 is 11.7 Å². The van der Waals surface area contributed by atoms with Gasteiger partial charge in [-0.15, -0.1) is 0 Å². The largest absolute Gasteiger partial charge is 0.378 e. The molecule has 2 rings (SSSR count). The fourth-order valence-electron chi connectivity index (χ4n) is 1.78. The smallest absolute Gasteiger partial charge is 0.322 e. The third kappa shape index (κ3) is 3.01. The highest BCUT2D eigenvalue weighted by atomic mass is 16.5. The molecule has 0 bridgehead atoms. The van der Waals surface area contributed by atoms with Gasteiger partial charge in [-0.05, 0) is 18.2 Å². The van der Waals surface area contributed by atoms with Gasteiger partial charge in [-0.25, -0.2) is 4.79 Å². The van der Waals surface area contributed by atoms with E-state index >= 15 is 0 Å². The summed E-state index contributed by atoms with van der Waals surface area (Å²) in [4.78, 5) is 13.6. The first-order valence-electron chi connectivity index (χ1n) is 5.82. The van der Waals surface area contributed by atoms with Crippen LogP contribution in [0.15, 0.2) is 18.2 Å². The first-order chi connectivity index (χ1) is 9.24. The molecular weight excluding hydrogens is 244 g/mol. The van der Waals surface area contributed by atoms with E-state index in [0.717, 1.165) is 0 Å². The Kier molecular flexibility index (Phi) is 3.97. The molecule has 1 saturated heterocycles. The molecule has 1 aromatic rings. The summed E-state index contributed by atoms with van der Waals surface area (Å²) < 4.78 is 5.17. The quantitative estimate of drug-likeness (QED) is 0.820. The van der Waals surface area contributed by atoms with Gasteiger partial charge in [-0.3, -0.25) is 0 Å². The number of ether oxygens (including phenoxy) is 1. The molecule has 1 N–H and O–H groups in total. The SMILES string of the molecule is N#Cc1ccc(NC(=O)N2CCOCC2)cc1C#N. The number of nitriles is 2. The van der Waals surface area contributed by atoms with Crippen LogP contribution in [0.4, 0.5) is 10.5 Å². The molecule has 0 aliphatic carbocycles. The zero-order valence-electron chi connectivity index (χ0n) is 10.2. The van der Waals surface area contributed by atoms with Crippen LogP contribution in [-0.2, 0) is 4.74 Å². The van der Waals surface area contributed by atoms with Crippen molar-refractivity contribution in [3.63, 3.8) is 0 Å². The first-order valence-corrected chi connectivity index (χ1v) is 5.82. The average molecular weight is 256 g/mol. The van der Waals surface area contributed by atoms with Crippen LogP contribution in [0.3, 0.4) is 0 Å². The number of morpholine rings is 1. The van der Waals surface area contributed by atoms with Crippen LogP contribution >= 0.6 is 0 Å². The Labute approximate surface area is 110 Å². The number of hydrogen-bond acceptors (Lipinski definition) is 4. The lowest BCUT2D eigenvalue weighted by Gasteiger charge is -2.26. The predicted molar refractivity (Wildman–Crippen MR) is 67.3 cm³/mol. The zero-order valence-corrected chi connectivity index (χ0v) is 10.2. The highest BCUT2D eigenvalue weighted by Gasteiger charge is 2.17. The number of benzene rings is 1. The van der Waals surface area contributed by atoms with Crippen molar-refractivity contribution in [1.82, 2.24) is 4.90 Å². The van der Waals surface area contributed by atoms with Crippen molar-refractivity contribution < 1.29 is 9.53 Å². The summed E-state index contributed by atoms with van der Waals surface area (Å²) in [7, 11) is 0. The van der Waals surface area contributed by atoms with Gasteiger partial charge in [0.1, 0.15) is 12.1 Å². The minimum Gasteiger partial charge on any atom is -0.378 e. The van der Waals surface area contributed by atoms with E-state index in [2.05, 4.69) is 5.32 Å². The standard InChI is InChI=1S/C13H12N4O2/c14-8-10-1-2-12(7-11(10)9-15)16-13(18)17-3-5-19-6-4-17/h1-2,7H,3-6H2,(H,16,18). The third-order valence-corrected chi connectivity index (χ3v) is 2.81. The molecule has 19 heavy (non-hydrogen) atoms. The van der Waals surface area contributed by atoms with Gasteiger partial charge in [0.05, 0.1) is 24.3 Å². The van der Waals surface area contributed by atoms with Crippen molar-refractivity contribution in [2.75, 3.05) is 31.6 Å². The summed E-state index contributed by atoms with van der Waals surface area (Å²) >= 11 is 0. The molecular formula is C13H12N4O2. The number of hydrogen-bond donors (Lipinski definition) is 1. The van der Waals surface area contributed by atoms with Crippen LogP contribution in [0.1, 0.15) is 11.1 Å². The topological polar surface area (TPSA) is 89.2 Å². The summed E-state index contributed by atoms with van der Waals surface area (Å²) in [6, 6.07) is 8.26.